The van der Waals surface area contributed by atoms with Gasteiger partial charge in [0, 0.05) is 38.8 Å². The Morgan fingerprint density at radius 2 is 1.64 bits per heavy atom. The van der Waals surface area contributed by atoms with Crippen molar-refractivity contribution >= 4 is 24.2 Å². The molecule has 0 saturated carbocycles. The van der Waals surface area contributed by atoms with E-state index in [1.54, 1.807) is 6.92 Å². The first-order valence-corrected chi connectivity index (χ1v) is 10.5. The maximum Gasteiger partial charge on any atom is 0.494 e. The van der Waals surface area contributed by atoms with Crippen LogP contribution < -0.4 is 10.4 Å². The Morgan fingerprint density at radius 1 is 1.11 bits per heavy atom. The smallest absolute Gasteiger partial charge is 0.399 e. The average Bonchev–Trinajstić information content (AvgIpc) is 2.90. The molecule has 3 rings (SSSR count). The van der Waals surface area contributed by atoms with Crippen LogP contribution in [-0.2, 0) is 14.1 Å². The highest BCUT2D eigenvalue weighted by Gasteiger charge is 2.51. The molecule has 0 aliphatic carbocycles. The number of hydrogen-bond acceptors (Lipinski definition) is 4. The van der Waals surface area contributed by atoms with Gasteiger partial charge in [-0.3, -0.25) is 4.79 Å². The molecule has 1 amide bonds. The van der Waals surface area contributed by atoms with Crippen molar-refractivity contribution in [3.63, 3.8) is 0 Å². The van der Waals surface area contributed by atoms with Gasteiger partial charge in [0.25, 0.3) is 0 Å². The molecule has 2 aliphatic heterocycles. The third-order valence-corrected chi connectivity index (χ3v) is 6.27. The van der Waals surface area contributed by atoms with Gasteiger partial charge in [-0.2, -0.15) is 0 Å². The summed E-state index contributed by atoms with van der Waals surface area (Å²) in [6.45, 7) is 15.9. The second-order valence-electron chi connectivity index (χ2n) is 8.53. The van der Waals surface area contributed by atoms with Gasteiger partial charge < -0.3 is 19.1 Å². The molecule has 156 valence electrons. The highest BCUT2D eigenvalue weighted by molar-refractivity contribution is 6.62. The topological polar surface area (TPSA) is 42.0 Å². The van der Waals surface area contributed by atoms with Crippen molar-refractivity contribution in [3.05, 3.63) is 24.3 Å². The lowest BCUT2D eigenvalue weighted by Gasteiger charge is -2.37. The highest BCUT2D eigenvalue weighted by atomic mass is 16.7. The van der Waals surface area contributed by atoms with Crippen molar-refractivity contribution < 1.29 is 14.1 Å². The normalized spacial score (nSPS) is 21.1. The molecule has 0 radical (unpaired) electrons. The summed E-state index contributed by atoms with van der Waals surface area (Å²) in [5.74, 6) is 0.145. The van der Waals surface area contributed by atoms with Crippen molar-refractivity contribution in [1.82, 2.24) is 4.90 Å². The summed E-state index contributed by atoms with van der Waals surface area (Å²) in [5.41, 5.74) is 1.59. The van der Waals surface area contributed by atoms with E-state index in [1.165, 1.54) is 5.69 Å². The zero-order valence-corrected chi connectivity index (χ0v) is 18.9. The molecule has 2 saturated heterocycles. The minimum absolute atomic E-state index is 0.145. The molecule has 0 aromatic heterocycles. The van der Waals surface area contributed by atoms with Crippen molar-refractivity contribution in [2.45, 2.75) is 78.6 Å². The summed E-state index contributed by atoms with van der Waals surface area (Å²) in [6, 6.07) is 8.81. The number of piperidine rings is 1. The van der Waals surface area contributed by atoms with Crippen LogP contribution in [0.15, 0.2) is 24.3 Å². The first-order valence-electron chi connectivity index (χ1n) is 10.5. The van der Waals surface area contributed by atoms with E-state index in [0.717, 1.165) is 31.4 Å². The minimum Gasteiger partial charge on any atom is -0.399 e. The van der Waals surface area contributed by atoms with E-state index in [4.69, 9.17) is 9.31 Å². The number of carbonyl (C=O) groups is 1. The number of rotatable bonds is 3. The van der Waals surface area contributed by atoms with Crippen LogP contribution in [0, 0.1) is 0 Å². The van der Waals surface area contributed by atoms with Crippen LogP contribution in [0.25, 0.3) is 0 Å². The van der Waals surface area contributed by atoms with E-state index >= 15 is 0 Å². The zero-order chi connectivity index (χ0) is 21.1. The van der Waals surface area contributed by atoms with Crippen LogP contribution in [0.2, 0.25) is 0 Å². The molecule has 2 aliphatic rings. The SMILES string of the molecule is CC.CC(=O)N(C)C1CCN(c2cccc(B3OC(C)(C)C(C)(C)O3)c2)CC1. The fraction of sp³-hybridized carbons (Fsp3) is 0.682. The molecule has 0 spiro atoms. The van der Waals surface area contributed by atoms with E-state index in [1.807, 2.05) is 25.8 Å². The molecule has 1 aromatic carbocycles. The molecule has 6 heteroatoms. The molecule has 0 atom stereocenters. The third kappa shape index (κ3) is 4.72. The van der Waals surface area contributed by atoms with Gasteiger partial charge in [0.2, 0.25) is 5.91 Å². The van der Waals surface area contributed by atoms with Gasteiger partial charge in [0.1, 0.15) is 0 Å². The lowest BCUT2D eigenvalue weighted by Crippen LogP contribution is -2.45. The summed E-state index contributed by atoms with van der Waals surface area (Å²) < 4.78 is 12.4. The van der Waals surface area contributed by atoms with E-state index in [2.05, 4.69) is 56.9 Å². The van der Waals surface area contributed by atoms with Crippen LogP contribution in [0.5, 0.6) is 0 Å². The molecule has 0 N–H and O–H groups in total. The van der Waals surface area contributed by atoms with Gasteiger partial charge in [-0.1, -0.05) is 26.0 Å². The Bertz CT molecular complexity index is 654. The molecule has 1 aromatic rings. The molecule has 2 fully saturated rings. The van der Waals surface area contributed by atoms with Gasteiger partial charge in [-0.05, 0) is 58.1 Å². The number of benzene rings is 1. The first-order chi connectivity index (χ1) is 13.1. The van der Waals surface area contributed by atoms with Crippen molar-refractivity contribution in [1.29, 1.82) is 0 Å². The van der Waals surface area contributed by atoms with Gasteiger partial charge in [-0.15, -0.1) is 0 Å². The second kappa shape index (κ2) is 8.87. The fourth-order valence-corrected chi connectivity index (χ4v) is 3.62. The van der Waals surface area contributed by atoms with Crippen molar-refractivity contribution in [2.75, 3.05) is 25.0 Å². The monoisotopic (exact) mass is 388 g/mol. The lowest BCUT2D eigenvalue weighted by molar-refractivity contribution is -0.129. The van der Waals surface area contributed by atoms with Gasteiger partial charge in [0.15, 0.2) is 0 Å². The maximum atomic E-state index is 11.6. The highest BCUT2D eigenvalue weighted by Crippen LogP contribution is 2.36. The first kappa shape index (κ1) is 22.8. The summed E-state index contributed by atoms with van der Waals surface area (Å²) in [5, 5.41) is 0. The van der Waals surface area contributed by atoms with Gasteiger partial charge >= 0.3 is 7.12 Å². The predicted octanol–water partition coefficient (Wildman–Crippen LogP) is 3.46. The Labute approximate surface area is 171 Å². The van der Waals surface area contributed by atoms with E-state index in [9.17, 15) is 4.79 Å². The number of hydrogen-bond donors (Lipinski definition) is 0. The van der Waals surface area contributed by atoms with Crippen molar-refractivity contribution in [2.24, 2.45) is 0 Å². The summed E-state index contributed by atoms with van der Waals surface area (Å²) in [7, 11) is 1.57. The molecule has 5 nitrogen and oxygen atoms in total. The number of nitrogens with zero attached hydrogens (tertiary/aromatic N) is 2. The Hall–Kier alpha value is -1.53. The Morgan fingerprint density at radius 3 is 2.14 bits per heavy atom. The Balaban J connectivity index is 0.00000136. The van der Waals surface area contributed by atoms with Crippen LogP contribution in [-0.4, -0.2) is 55.3 Å². The number of amides is 1. The van der Waals surface area contributed by atoms with Gasteiger partial charge in [0.05, 0.1) is 11.2 Å². The van der Waals surface area contributed by atoms with E-state index in [-0.39, 0.29) is 24.2 Å². The third-order valence-electron chi connectivity index (χ3n) is 6.27. The van der Waals surface area contributed by atoms with Crippen LogP contribution >= 0.6 is 0 Å². The summed E-state index contributed by atoms with van der Waals surface area (Å²) in [4.78, 5) is 15.8. The Kier molecular flexibility index (Phi) is 7.21. The largest absolute Gasteiger partial charge is 0.494 e. The predicted molar refractivity (Wildman–Crippen MR) is 117 cm³/mol. The van der Waals surface area contributed by atoms with Crippen LogP contribution in [0.1, 0.15) is 61.3 Å². The fourth-order valence-electron chi connectivity index (χ4n) is 3.62. The average molecular weight is 388 g/mol. The van der Waals surface area contributed by atoms with Crippen LogP contribution in [0.4, 0.5) is 5.69 Å². The lowest BCUT2D eigenvalue weighted by atomic mass is 9.79. The molecular weight excluding hydrogens is 351 g/mol. The number of anilines is 1. The minimum atomic E-state index is -0.332. The number of carbonyl (C=O) groups excluding carboxylic acids is 1. The summed E-state index contributed by atoms with van der Waals surface area (Å²) >= 11 is 0. The van der Waals surface area contributed by atoms with Crippen molar-refractivity contribution in [3.8, 4) is 0 Å². The van der Waals surface area contributed by atoms with Gasteiger partial charge in [-0.25, -0.2) is 0 Å². The molecule has 0 bridgehead atoms. The maximum absolute atomic E-state index is 11.6. The van der Waals surface area contributed by atoms with E-state index < -0.39 is 0 Å². The quantitative estimate of drug-likeness (QED) is 0.744. The van der Waals surface area contributed by atoms with Crippen LogP contribution in [0.3, 0.4) is 0 Å². The zero-order valence-electron chi connectivity index (χ0n) is 18.9. The molecular formula is C22H37BN2O3. The van der Waals surface area contributed by atoms with E-state index in [0.29, 0.717) is 6.04 Å². The molecule has 28 heavy (non-hydrogen) atoms. The standard InChI is InChI=1S/C20H31BN2O3.C2H6/c1-15(24)22(6)17-10-12-23(13-11-17)18-9-7-8-16(14-18)21-25-19(2,3)20(4,5)26-21;1-2/h7-9,14,17H,10-13H2,1-6H3;1-2H3. The summed E-state index contributed by atoms with van der Waals surface area (Å²) in [6.07, 6.45) is 1.99. The molecule has 0 unspecified atom stereocenters. The second-order valence-corrected chi connectivity index (χ2v) is 8.53. The molecule has 2 heterocycles.